The van der Waals surface area contributed by atoms with Crippen LogP contribution in [0.25, 0.3) is 0 Å². The normalized spacial score (nSPS) is 19.7. The maximum absolute atomic E-state index is 13.5. The van der Waals surface area contributed by atoms with Crippen LogP contribution in [0.4, 0.5) is 0 Å². The smallest absolute Gasteiger partial charge is 0.302 e. The molecule has 0 spiro atoms. The van der Waals surface area contributed by atoms with Crippen molar-refractivity contribution >= 4 is 16.0 Å². The topological polar surface area (TPSA) is 82.1 Å². The third-order valence-electron chi connectivity index (χ3n) is 4.51. The van der Waals surface area contributed by atoms with Crippen molar-refractivity contribution in [2.24, 2.45) is 0 Å². The zero-order valence-electron chi connectivity index (χ0n) is 17.4. The van der Waals surface area contributed by atoms with E-state index in [1.807, 2.05) is 6.92 Å². The molecule has 1 aromatic carbocycles. The third kappa shape index (κ3) is 5.76. The molecular formula is C21H29NO6S. The SMILES string of the molecule is C=CCN([C@H](C(=C)COC(C)=O)[C@H]1COC(C)(C)O1)S(=O)(=O)c1ccc(C)cc1. The average Bonchev–Trinajstić information content (AvgIpc) is 2.99. The van der Waals surface area contributed by atoms with Crippen LogP contribution in [0.15, 0.2) is 54.0 Å². The Morgan fingerprint density at radius 1 is 1.38 bits per heavy atom. The molecule has 1 aliphatic rings. The second-order valence-electron chi connectivity index (χ2n) is 7.43. The summed E-state index contributed by atoms with van der Waals surface area (Å²) in [5.74, 6) is -1.34. The number of hydrogen-bond donors (Lipinski definition) is 0. The molecule has 1 aromatic rings. The van der Waals surface area contributed by atoms with E-state index in [2.05, 4.69) is 13.2 Å². The maximum atomic E-state index is 13.5. The quantitative estimate of drug-likeness (QED) is 0.449. The fraction of sp³-hybridized carbons (Fsp3) is 0.476. The standard InChI is InChI=1S/C21H29NO6S/c1-7-12-22(29(24,25)18-10-8-15(2)9-11-18)20(16(3)13-26-17(4)23)19-14-27-21(5,6)28-19/h7-11,19-20H,1,3,12-14H2,2,4-6H3/t19-,20-/m1/s1. The van der Waals surface area contributed by atoms with Gasteiger partial charge in [0.25, 0.3) is 0 Å². The highest BCUT2D eigenvalue weighted by molar-refractivity contribution is 7.89. The number of aryl methyl sites for hydroxylation is 1. The van der Waals surface area contributed by atoms with Gasteiger partial charge in [-0.3, -0.25) is 4.79 Å². The molecule has 160 valence electrons. The van der Waals surface area contributed by atoms with Crippen LogP contribution in [0.3, 0.4) is 0 Å². The fourth-order valence-electron chi connectivity index (χ4n) is 3.14. The van der Waals surface area contributed by atoms with Crippen LogP contribution in [0.2, 0.25) is 0 Å². The zero-order chi connectivity index (χ0) is 21.8. The van der Waals surface area contributed by atoms with E-state index in [0.29, 0.717) is 5.57 Å². The largest absolute Gasteiger partial charge is 0.461 e. The average molecular weight is 424 g/mol. The van der Waals surface area contributed by atoms with Crippen LogP contribution >= 0.6 is 0 Å². The van der Waals surface area contributed by atoms with Gasteiger partial charge in [0.05, 0.1) is 17.5 Å². The molecule has 0 saturated carbocycles. The summed E-state index contributed by atoms with van der Waals surface area (Å²) in [5, 5.41) is 0. The van der Waals surface area contributed by atoms with Crippen molar-refractivity contribution in [1.82, 2.24) is 4.31 Å². The van der Waals surface area contributed by atoms with E-state index in [1.165, 1.54) is 17.3 Å². The Morgan fingerprint density at radius 3 is 2.48 bits per heavy atom. The minimum atomic E-state index is -3.91. The number of nitrogens with zero attached hydrogens (tertiary/aromatic N) is 1. The maximum Gasteiger partial charge on any atom is 0.302 e. The number of carbonyl (C=O) groups excluding carboxylic acids is 1. The number of esters is 1. The van der Waals surface area contributed by atoms with E-state index in [1.54, 1.807) is 38.1 Å². The predicted octanol–water partition coefficient (Wildman–Crippen LogP) is 2.81. The summed E-state index contributed by atoms with van der Waals surface area (Å²) in [5.41, 5.74) is 1.34. The summed E-state index contributed by atoms with van der Waals surface area (Å²) < 4.78 is 44.9. The molecule has 1 fully saturated rings. The van der Waals surface area contributed by atoms with Gasteiger partial charge in [-0.25, -0.2) is 8.42 Å². The van der Waals surface area contributed by atoms with E-state index in [0.717, 1.165) is 5.56 Å². The molecule has 0 amide bonds. The van der Waals surface area contributed by atoms with Crippen molar-refractivity contribution in [2.45, 2.75) is 50.5 Å². The van der Waals surface area contributed by atoms with Crippen molar-refractivity contribution in [3.63, 3.8) is 0 Å². The molecule has 2 rings (SSSR count). The van der Waals surface area contributed by atoms with Crippen molar-refractivity contribution in [3.05, 3.63) is 54.6 Å². The Morgan fingerprint density at radius 2 is 2.00 bits per heavy atom. The molecule has 7 nitrogen and oxygen atoms in total. The van der Waals surface area contributed by atoms with Crippen molar-refractivity contribution in [1.29, 1.82) is 0 Å². The molecule has 0 N–H and O–H groups in total. The van der Waals surface area contributed by atoms with Gasteiger partial charge >= 0.3 is 5.97 Å². The lowest BCUT2D eigenvalue weighted by Gasteiger charge is -2.35. The molecular weight excluding hydrogens is 394 g/mol. The first-order valence-corrected chi connectivity index (χ1v) is 10.7. The van der Waals surface area contributed by atoms with E-state index in [-0.39, 0.29) is 24.7 Å². The lowest BCUT2D eigenvalue weighted by atomic mass is 10.0. The first kappa shape index (κ1) is 23.3. The highest BCUT2D eigenvalue weighted by Gasteiger charge is 2.44. The van der Waals surface area contributed by atoms with Crippen LogP contribution in [0, 0.1) is 6.92 Å². The lowest BCUT2D eigenvalue weighted by molar-refractivity contribution is -0.144. The Bertz CT molecular complexity index is 860. The summed E-state index contributed by atoms with van der Waals surface area (Å²) in [4.78, 5) is 11.4. The van der Waals surface area contributed by atoms with Crippen LogP contribution in [-0.4, -0.2) is 56.4 Å². The van der Waals surface area contributed by atoms with Gasteiger partial charge in [0.2, 0.25) is 10.0 Å². The predicted molar refractivity (Wildman–Crippen MR) is 110 cm³/mol. The Kier molecular flexibility index (Phi) is 7.40. The number of benzene rings is 1. The van der Waals surface area contributed by atoms with Gasteiger partial charge in [-0.2, -0.15) is 4.31 Å². The van der Waals surface area contributed by atoms with Gasteiger partial charge in [-0.1, -0.05) is 30.4 Å². The van der Waals surface area contributed by atoms with Crippen LogP contribution in [0.1, 0.15) is 26.3 Å². The first-order valence-electron chi connectivity index (χ1n) is 9.30. The Hall–Kier alpha value is -2.00. The van der Waals surface area contributed by atoms with Crippen LogP contribution < -0.4 is 0 Å². The molecule has 0 bridgehead atoms. The van der Waals surface area contributed by atoms with Gasteiger partial charge in [-0.05, 0) is 38.5 Å². The number of sulfonamides is 1. The Labute approximate surface area is 173 Å². The summed E-state index contributed by atoms with van der Waals surface area (Å²) in [6.07, 6.45) is 0.881. The summed E-state index contributed by atoms with van der Waals surface area (Å²) in [7, 11) is -3.91. The molecule has 1 heterocycles. The molecule has 8 heteroatoms. The minimum Gasteiger partial charge on any atom is -0.461 e. The molecule has 0 aromatic heterocycles. The number of ether oxygens (including phenoxy) is 3. The van der Waals surface area contributed by atoms with Crippen LogP contribution in [0.5, 0.6) is 0 Å². The number of carbonyl (C=O) groups is 1. The fourth-order valence-corrected chi connectivity index (χ4v) is 4.77. The number of hydrogen-bond acceptors (Lipinski definition) is 6. The zero-order valence-corrected chi connectivity index (χ0v) is 18.2. The lowest BCUT2D eigenvalue weighted by Crippen LogP contribution is -2.50. The molecule has 1 saturated heterocycles. The van der Waals surface area contributed by atoms with Gasteiger partial charge in [0.15, 0.2) is 5.79 Å². The van der Waals surface area contributed by atoms with Crippen molar-refractivity contribution in [3.8, 4) is 0 Å². The van der Waals surface area contributed by atoms with Gasteiger partial charge in [0, 0.05) is 13.5 Å². The number of rotatable bonds is 9. The van der Waals surface area contributed by atoms with Gasteiger partial charge in [-0.15, -0.1) is 6.58 Å². The molecule has 2 atom stereocenters. The van der Waals surface area contributed by atoms with E-state index in [4.69, 9.17) is 14.2 Å². The monoisotopic (exact) mass is 423 g/mol. The minimum absolute atomic E-state index is 0.0280. The van der Waals surface area contributed by atoms with E-state index >= 15 is 0 Å². The second-order valence-corrected chi connectivity index (χ2v) is 9.32. The van der Waals surface area contributed by atoms with E-state index in [9.17, 15) is 13.2 Å². The second kappa shape index (κ2) is 9.21. The van der Waals surface area contributed by atoms with Crippen molar-refractivity contribution < 1.29 is 27.4 Å². The third-order valence-corrected chi connectivity index (χ3v) is 6.37. The van der Waals surface area contributed by atoms with Gasteiger partial charge < -0.3 is 14.2 Å². The van der Waals surface area contributed by atoms with Gasteiger partial charge in [0.1, 0.15) is 12.7 Å². The molecule has 1 aliphatic heterocycles. The molecule has 0 aliphatic carbocycles. The van der Waals surface area contributed by atoms with Crippen LogP contribution in [-0.2, 0) is 29.0 Å². The summed E-state index contributed by atoms with van der Waals surface area (Å²) in [6, 6.07) is 5.78. The molecule has 29 heavy (non-hydrogen) atoms. The highest BCUT2D eigenvalue weighted by atomic mass is 32.2. The first-order chi connectivity index (χ1) is 13.5. The highest BCUT2D eigenvalue weighted by Crippen LogP contribution is 2.32. The molecule has 0 radical (unpaired) electrons. The molecule has 0 unspecified atom stereocenters. The van der Waals surface area contributed by atoms with E-state index < -0.39 is 33.9 Å². The summed E-state index contributed by atoms with van der Waals surface area (Å²) >= 11 is 0. The summed E-state index contributed by atoms with van der Waals surface area (Å²) in [6.45, 7) is 14.4. The van der Waals surface area contributed by atoms with Crippen molar-refractivity contribution in [2.75, 3.05) is 19.8 Å². The Balaban J connectivity index is 2.47.